The Morgan fingerprint density at radius 1 is 1.04 bits per heavy atom. The number of halogens is 2. The molecule has 2 rings (SSSR count). The van der Waals surface area contributed by atoms with Crippen molar-refractivity contribution >= 4 is 45.0 Å². The predicted octanol–water partition coefficient (Wildman–Crippen LogP) is 2.94. The zero-order valence-corrected chi connectivity index (χ0v) is 15.3. The Kier molecular flexibility index (Phi) is 6.18. The summed E-state index contributed by atoms with van der Waals surface area (Å²) in [6.07, 6.45) is 0. The molecule has 0 heterocycles. The van der Waals surface area contributed by atoms with Gasteiger partial charge in [-0.05, 0) is 49.5 Å². The molecule has 6 nitrogen and oxygen atoms in total. The highest BCUT2D eigenvalue weighted by Crippen LogP contribution is 2.23. The summed E-state index contributed by atoms with van der Waals surface area (Å²) in [6.45, 7) is -0.489. The highest BCUT2D eigenvalue weighted by Gasteiger charge is 2.19. The summed E-state index contributed by atoms with van der Waals surface area (Å²) in [5.74, 6) is -1.26. The van der Waals surface area contributed by atoms with Crippen molar-refractivity contribution in [1.82, 2.24) is 4.72 Å². The molecule has 0 radical (unpaired) electrons. The molecular weight excluding hydrogens is 389 g/mol. The fourth-order valence-corrected chi connectivity index (χ4v) is 3.25. The van der Waals surface area contributed by atoms with Crippen molar-refractivity contribution in [2.45, 2.75) is 4.90 Å². The molecule has 0 aliphatic carbocycles. The zero-order chi connectivity index (χ0) is 18.6. The quantitative estimate of drug-likeness (QED) is 0.593. The fourth-order valence-electron chi connectivity index (χ4n) is 1.88. The molecule has 0 saturated carbocycles. The SMILES string of the molecule is CNS(=O)(=O)c1cc(C(=O)OCC(=O)c2ccc(Cl)cc2)ccc1Cl. The van der Waals surface area contributed by atoms with Crippen LogP contribution in [0.2, 0.25) is 10.0 Å². The number of hydrogen-bond donors (Lipinski definition) is 1. The summed E-state index contributed by atoms with van der Waals surface area (Å²) < 4.78 is 30.8. The van der Waals surface area contributed by atoms with E-state index in [9.17, 15) is 18.0 Å². The van der Waals surface area contributed by atoms with E-state index in [1.807, 2.05) is 0 Å². The van der Waals surface area contributed by atoms with Crippen LogP contribution in [0.3, 0.4) is 0 Å². The first-order valence-electron chi connectivity index (χ1n) is 6.93. The molecule has 0 fully saturated rings. The maximum atomic E-state index is 12.1. The molecule has 0 amide bonds. The monoisotopic (exact) mass is 401 g/mol. The van der Waals surface area contributed by atoms with Gasteiger partial charge in [0.2, 0.25) is 10.0 Å². The van der Waals surface area contributed by atoms with Gasteiger partial charge in [-0.3, -0.25) is 4.79 Å². The van der Waals surface area contributed by atoms with Gasteiger partial charge in [0, 0.05) is 10.6 Å². The molecule has 0 aliphatic heterocycles. The Hall–Kier alpha value is -1.93. The molecule has 0 atom stereocenters. The van der Waals surface area contributed by atoms with Crippen molar-refractivity contribution < 1.29 is 22.7 Å². The first-order valence-corrected chi connectivity index (χ1v) is 9.17. The van der Waals surface area contributed by atoms with Gasteiger partial charge in [0.05, 0.1) is 10.6 Å². The molecule has 2 aromatic carbocycles. The van der Waals surface area contributed by atoms with E-state index in [0.29, 0.717) is 10.6 Å². The van der Waals surface area contributed by atoms with Gasteiger partial charge >= 0.3 is 5.97 Å². The van der Waals surface area contributed by atoms with Crippen molar-refractivity contribution in [1.29, 1.82) is 0 Å². The van der Waals surface area contributed by atoms with E-state index in [1.165, 1.54) is 31.3 Å². The summed E-state index contributed by atoms with van der Waals surface area (Å²) in [7, 11) is -2.61. The van der Waals surface area contributed by atoms with Crippen LogP contribution in [-0.4, -0.2) is 33.8 Å². The number of Topliss-reactive ketones (excluding diaryl/α,β-unsaturated/α-hetero) is 1. The average Bonchev–Trinajstić information content (AvgIpc) is 2.60. The topological polar surface area (TPSA) is 89.5 Å². The molecule has 132 valence electrons. The van der Waals surface area contributed by atoms with E-state index in [4.69, 9.17) is 27.9 Å². The maximum absolute atomic E-state index is 12.1. The minimum Gasteiger partial charge on any atom is -0.454 e. The molecule has 0 unspecified atom stereocenters. The Morgan fingerprint density at radius 2 is 1.64 bits per heavy atom. The van der Waals surface area contributed by atoms with E-state index in [1.54, 1.807) is 12.1 Å². The minimum atomic E-state index is -3.83. The van der Waals surface area contributed by atoms with Crippen LogP contribution in [0.1, 0.15) is 20.7 Å². The largest absolute Gasteiger partial charge is 0.454 e. The number of hydrogen-bond acceptors (Lipinski definition) is 5. The molecule has 0 saturated heterocycles. The van der Waals surface area contributed by atoms with Crippen molar-refractivity contribution in [3.05, 3.63) is 63.6 Å². The number of benzene rings is 2. The number of ether oxygens (including phenoxy) is 1. The summed E-state index contributed by atoms with van der Waals surface area (Å²) >= 11 is 11.6. The van der Waals surface area contributed by atoms with Gasteiger partial charge in [-0.15, -0.1) is 0 Å². The number of sulfonamides is 1. The van der Waals surface area contributed by atoms with Crippen LogP contribution in [0.15, 0.2) is 47.4 Å². The van der Waals surface area contributed by atoms with Gasteiger partial charge in [0.25, 0.3) is 0 Å². The second-order valence-electron chi connectivity index (χ2n) is 4.86. The Balaban J connectivity index is 2.12. The van der Waals surface area contributed by atoms with E-state index < -0.39 is 28.4 Å². The lowest BCUT2D eigenvalue weighted by molar-refractivity contribution is 0.0474. The molecule has 0 spiro atoms. The lowest BCUT2D eigenvalue weighted by atomic mass is 10.1. The Labute approximate surface area is 154 Å². The fraction of sp³-hybridized carbons (Fsp3) is 0.125. The molecule has 2 aromatic rings. The van der Waals surface area contributed by atoms with Crippen LogP contribution in [-0.2, 0) is 14.8 Å². The van der Waals surface area contributed by atoms with E-state index in [0.717, 1.165) is 6.07 Å². The van der Waals surface area contributed by atoms with Gasteiger partial charge in [-0.2, -0.15) is 0 Å². The second kappa shape index (κ2) is 7.97. The van der Waals surface area contributed by atoms with E-state index >= 15 is 0 Å². The van der Waals surface area contributed by atoms with Crippen LogP contribution in [0.4, 0.5) is 0 Å². The lowest BCUT2D eigenvalue weighted by Gasteiger charge is -2.08. The van der Waals surface area contributed by atoms with Gasteiger partial charge < -0.3 is 4.74 Å². The number of carbonyl (C=O) groups is 2. The van der Waals surface area contributed by atoms with Crippen LogP contribution in [0.5, 0.6) is 0 Å². The number of ketones is 1. The Morgan fingerprint density at radius 3 is 2.24 bits per heavy atom. The third-order valence-corrected chi connectivity index (χ3v) is 5.37. The maximum Gasteiger partial charge on any atom is 0.338 e. The predicted molar refractivity (Wildman–Crippen MR) is 93.8 cm³/mol. The highest BCUT2D eigenvalue weighted by atomic mass is 35.5. The third kappa shape index (κ3) is 4.79. The van der Waals surface area contributed by atoms with Crippen molar-refractivity contribution in [3.63, 3.8) is 0 Å². The summed E-state index contributed by atoms with van der Waals surface area (Å²) in [4.78, 5) is 23.8. The zero-order valence-electron chi connectivity index (χ0n) is 13.0. The van der Waals surface area contributed by atoms with Gasteiger partial charge in [-0.1, -0.05) is 23.2 Å². The summed E-state index contributed by atoms with van der Waals surface area (Å²) in [6, 6.07) is 9.78. The Bertz CT molecular complexity index is 911. The van der Waals surface area contributed by atoms with Gasteiger partial charge in [-0.25, -0.2) is 17.9 Å². The average molecular weight is 402 g/mol. The van der Waals surface area contributed by atoms with Crippen LogP contribution < -0.4 is 4.72 Å². The van der Waals surface area contributed by atoms with Gasteiger partial charge in [0.15, 0.2) is 12.4 Å². The first kappa shape index (κ1) is 19.4. The molecule has 0 aliphatic rings. The van der Waals surface area contributed by atoms with Crippen LogP contribution in [0, 0.1) is 0 Å². The normalized spacial score (nSPS) is 11.2. The van der Waals surface area contributed by atoms with E-state index in [2.05, 4.69) is 4.72 Å². The first-order chi connectivity index (χ1) is 11.7. The van der Waals surface area contributed by atoms with Gasteiger partial charge in [0.1, 0.15) is 4.90 Å². The molecule has 1 N–H and O–H groups in total. The minimum absolute atomic E-state index is 0.0388. The number of rotatable bonds is 6. The number of nitrogens with one attached hydrogen (secondary N) is 1. The molecule has 0 aromatic heterocycles. The standard InChI is InChI=1S/C16H13Cl2NO5S/c1-19-25(22,23)15-8-11(4-7-13(15)18)16(21)24-9-14(20)10-2-5-12(17)6-3-10/h2-8,19H,9H2,1H3. The van der Waals surface area contributed by atoms with Crippen molar-refractivity contribution in [3.8, 4) is 0 Å². The number of carbonyl (C=O) groups excluding carboxylic acids is 2. The molecular formula is C16H13Cl2NO5S. The highest BCUT2D eigenvalue weighted by molar-refractivity contribution is 7.89. The summed E-state index contributed by atoms with van der Waals surface area (Å²) in [5, 5.41) is 0.441. The van der Waals surface area contributed by atoms with Crippen LogP contribution in [0.25, 0.3) is 0 Å². The smallest absolute Gasteiger partial charge is 0.338 e. The molecule has 0 bridgehead atoms. The number of esters is 1. The van der Waals surface area contributed by atoms with Crippen molar-refractivity contribution in [2.75, 3.05) is 13.7 Å². The summed E-state index contributed by atoms with van der Waals surface area (Å²) in [5.41, 5.74) is 0.300. The third-order valence-electron chi connectivity index (χ3n) is 3.23. The second-order valence-corrected chi connectivity index (χ2v) is 7.56. The molecule has 9 heteroatoms. The van der Waals surface area contributed by atoms with Crippen LogP contribution >= 0.6 is 23.2 Å². The van der Waals surface area contributed by atoms with Crippen molar-refractivity contribution in [2.24, 2.45) is 0 Å². The lowest BCUT2D eigenvalue weighted by Crippen LogP contribution is -2.20. The molecule has 25 heavy (non-hydrogen) atoms. The van der Waals surface area contributed by atoms with E-state index in [-0.39, 0.29) is 15.5 Å².